The molecule has 1 rings (SSSR count). The van der Waals surface area contributed by atoms with E-state index in [1.165, 1.54) is 6.07 Å². The SMILES string of the molecule is CC(C)SCC(O)Cc1cccc(C(F)(F)F)c1. The van der Waals surface area contributed by atoms with Gasteiger partial charge in [-0.3, -0.25) is 0 Å². The van der Waals surface area contributed by atoms with Crippen molar-refractivity contribution in [1.82, 2.24) is 0 Å². The maximum absolute atomic E-state index is 12.5. The average Bonchev–Trinajstić information content (AvgIpc) is 2.25. The van der Waals surface area contributed by atoms with Gasteiger partial charge in [0.25, 0.3) is 0 Å². The molecule has 0 spiro atoms. The molecule has 1 N–H and O–H groups in total. The summed E-state index contributed by atoms with van der Waals surface area (Å²) in [6.07, 6.45) is -4.68. The summed E-state index contributed by atoms with van der Waals surface area (Å²) >= 11 is 1.60. The van der Waals surface area contributed by atoms with Crippen LogP contribution in [0.3, 0.4) is 0 Å². The highest BCUT2D eigenvalue weighted by molar-refractivity contribution is 7.99. The number of aliphatic hydroxyl groups excluding tert-OH is 1. The zero-order valence-corrected chi connectivity index (χ0v) is 11.2. The van der Waals surface area contributed by atoms with Gasteiger partial charge in [0.1, 0.15) is 0 Å². The summed E-state index contributed by atoms with van der Waals surface area (Å²) in [7, 11) is 0. The van der Waals surface area contributed by atoms with Crippen molar-refractivity contribution >= 4 is 11.8 Å². The number of halogens is 3. The lowest BCUT2D eigenvalue weighted by Gasteiger charge is -2.13. The van der Waals surface area contributed by atoms with Gasteiger partial charge in [0.05, 0.1) is 11.7 Å². The summed E-state index contributed by atoms with van der Waals surface area (Å²) in [5.41, 5.74) is -0.148. The smallest absolute Gasteiger partial charge is 0.392 e. The van der Waals surface area contributed by atoms with Crippen molar-refractivity contribution in [3.63, 3.8) is 0 Å². The van der Waals surface area contributed by atoms with Crippen LogP contribution in [0, 0.1) is 0 Å². The van der Waals surface area contributed by atoms with Crippen LogP contribution < -0.4 is 0 Å². The molecule has 0 aliphatic heterocycles. The molecule has 18 heavy (non-hydrogen) atoms. The number of alkyl halides is 3. The zero-order chi connectivity index (χ0) is 13.8. The van der Waals surface area contributed by atoms with E-state index in [9.17, 15) is 18.3 Å². The maximum Gasteiger partial charge on any atom is 0.416 e. The first-order valence-corrected chi connectivity index (χ1v) is 6.79. The molecule has 1 unspecified atom stereocenters. The van der Waals surface area contributed by atoms with Crippen molar-refractivity contribution in [2.45, 2.75) is 37.8 Å². The number of aliphatic hydroxyl groups is 1. The summed E-state index contributed by atoms with van der Waals surface area (Å²) in [4.78, 5) is 0. The summed E-state index contributed by atoms with van der Waals surface area (Å²) in [5.74, 6) is 0.536. The molecule has 1 atom stereocenters. The van der Waals surface area contributed by atoms with Crippen molar-refractivity contribution in [1.29, 1.82) is 0 Å². The molecular weight excluding hydrogens is 261 g/mol. The fourth-order valence-corrected chi connectivity index (χ4v) is 2.23. The molecule has 1 nitrogen and oxygen atoms in total. The molecule has 0 saturated carbocycles. The Balaban J connectivity index is 2.62. The number of hydrogen-bond acceptors (Lipinski definition) is 2. The minimum absolute atomic E-state index is 0.254. The van der Waals surface area contributed by atoms with Crippen LogP contribution in [0.2, 0.25) is 0 Å². The molecule has 0 fully saturated rings. The van der Waals surface area contributed by atoms with Crippen LogP contribution >= 0.6 is 11.8 Å². The topological polar surface area (TPSA) is 20.2 Å². The monoisotopic (exact) mass is 278 g/mol. The van der Waals surface area contributed by atoms with Crippen molar-refractivity contribution < 1.29 is 18.3 Å². The van der Waals surface area contributed by atoms with E-state index < -0.39 is 17.8 Å². The third-order valence-electron chi connectivity index (χ3n) is 2.35. The second kappa shape index (κ2) is 6.48. The molecule has 0 aromatic heterocycles. The second-order valence-electron chi connectivity index (χ2n) is 4.44. The van der Waals surface area contributed by atoms with Crippen LogP contribution in [0.25, 0.3) is 0 Å². The fraction of sp³-hybridized carbons (Fsp3) is 0.538. The van der Waals surface area contributed by atoms with Gasteiger partial charge in [0.15, 0.2) is 0 Å². The van der Waals surface area contributed by atoms with Crippen molar-refractivity contribution in [3.05, 3.63) is 35.4 Å². The van der Waals surface area contributed by atoms with Gasteiger partial charge in [-0.25, -0.2) is 0 Å². The van der Waals surface area contributed by atoms with Gasteiger partial charge in [-0.05, 0) is 23.3 Å². The average molecular weight is 278 g/mol. The predicted molar refractivity (Wildman–Crippen MR) is 68.7 cm³/mol. The van der Waals surface area contributed by atoms with E-state index in [4.69, 9.17) is 0 Å². The summed E-state index contributed by atoms with van der Waals surface area (Å²) in [6, 6.07) is 5.13. The summed E-state index contributed by atoms with van der Waals surface area (Å²) in [6.45, 7) is 4.03. The first-order valence-electron chi connectivity index (χ1n) is 5.75. The Labute approximate surface area is 109 Å². The number of hydrogen-bond donors (Lipinski definition) is 1. The zero-order valence-electron chi connectivity index (χ0n) is 10.4. The van der Waals surface area contributed by atoms with Crippen LogP contribution in [0.4, 0.5) is 13.2 Å². The highest BCUT2D eigenvalue weighted by Gasteiger charge is 2.30. The van der Waals surface area contributed by atoms with E-state index in [1.54, 1.807) is 17.8 Å². The molecule has 0 aliphatic rings. The van der Waals surface area contributed by atoms with Gasteiger partial charge >= 0.3 is 6.18 Å². The van der Waals surface area contributed by atoms with Gasteiger partial charge in [-0.1, -0.05) is 32.0 Å². The van der Waals surface area contributed by atoms with Crippen LogP contribution in [0.15, 0.2) is 24.3 Å². The van der Waals surface area contributed by atoms with Gasteiger partial charge in [0, 0.05) is 5.75 Å². The molecule has 0 bridgehead atoms. The lowest BCUT2D eigenvalue weighted by atomic mass is 10.1. The molecule has 1 aromatic rings. The van der Waals surface area contributed by atoms with Crippen LogP contribution in [-0.2, 0) is 12.6 Å². The normalized spacial score (nSPS) is 13.9. The minimum Gasteiger partial charge on any atom is -0.392 e. The van der Waals surface area contributed by atoms with Crippen molar-refractivity contribution in [2.24, 2.45) is 0 Å². The predicted octanol–water partition coefficient (Wildman–Crippen LogP) is 3.75. The molecule has 5 heteroatoms. The van der Waals surface area contributed by atoms with Gasteiger partial charge in [-0.15, -0.1) is 0 Å². The first-order chi connectivity index (χ1) is 8.29. The van der Waals surface area contributed by atoms with Crippen LogP contribution in [0.5, 0.6) is 0 Å². The Hall–Kier alpha value is -0.680. The molecule has 1 aromatic carbocycles. The Kier molecular flexibility index (Phi) is 5.53. The largest absolute Gasteiger partial charge is 0.416 e. The number of rotatable bonds is 5. The Bertz CT molecular complexity index is 377. The second-order valence-corrected chi connectivity index (χ2v) is 6.05. The quantitative estimate of drug-likeness (QED) is 0.885. The highest BCUT2D eigenvalue weighted by Crippen LogP contribution is 2.29. The van der Waals surface area contributed by atoms with Crippen molar-refractivity contribution in [3.8, 4) is 0 Å². The Morgan fingerprint density at radius 3 is 2.50 bits per heavy atom. The minimum atomic E-state index is -4.33. The maximum atomic E-state index is 12.5. The summed E-state index contributed by atoms with van der Waals surface area (Å²) in [5, 5.41) is 10.1. The van der Waals surface area contributed by atoms with E-state index >= 15 is 0 Å². The molecular formula is C13H17F3OS. The highest BCUT2D eigenvalue weighted by atomic mass is 32.2. The van der Waals surface area contributed by atoms with Crippen LogP contribution in [-0.4, -0.2) is 22.2 Å². The number of thioether (sulfide) groups is 1. The molecule has 0 heterocycles. The number of benzene rings is 1. The van der Waals surface area contributed by atoms with Gasteiger partial charge in [0.2, 0.25) is 0 Å². The molecule has 0 amide bonds. The van der Waals surface area contributed by atoms with E-state index in [1.807, 2.05) is 13.8 Å². The molecule has 0 aliphatic carbocycles. The Morgan fingerprint density at radius 2 is 1.94 bits per heavy atom. The molecule has 102 valence electrons. The fourth-order valence-electron chi connectivity index (χ4n) is 1.51. The lowest BCUT2D eigenvalue weighted by Crippen LogP contribution is -2.15. The third-order valence-corrected chi connectivity index (χ3v) is 3.59. The lowest BCUT2D eigenvalue weighted by molar-refractivity contribution is -0.137. The van der Waals surface area contributed by atoms with Crippen LogP contribution in [0.1, 0.15) is 25.0 Å². The third kappa shape index (κ3) is 5.31. The molecule has 0 saturated heterocycles. The van der Waals surface area contributed by atoms with E-state index in [-0.39, 0.29) is 6.42 Å². The van der Waals surface area contributed by atoms with Gasteiger partial charge in [-0.2, -0.15) is 24.9 Å². The summed E-state index contributed by atoms with van der Waals surface area (Å²) < 4.78 is 37.5. The molecule has 0 radical (unpaired) electrons. The standard InChI is InChI=1S/C13H17F3OS/c1-9(2)18-8-12(17)7-10-4-3-5-11(6-10)13(14,15)16/h3-6,9,12,17H,7-8H2,1-2H3. The van der Waals surface area contributed by atoms with Gasteiger partial charge < -0.3 is 5.11 Å². The van der Waals surface area contributed by atoms with E-state index in [2.05, 4.69) is 0 Å². The first kappa shape index (κ1) is 15.4. The van der Waals surface area contributed by atoms with E-state index in [0.717, 1.165) is 12.1 Å². The Morgan fingerprint density at radius 1 is 1.28 bits per heavy atom. The van der Waals surface area contributed by atoms with Crippen molar-refractivity contribution in [2.75, 3.05) is 5.75 Å². The van der Waals surface area contributed by atoms with E-state index in [0.29, 0.717) is 16.6 Å².